The van der Waals surface area contributed by atoms with Crippen molar-refractivity contribution in [3.63, 3.8) is 0 Å². The van der Waals surface area contributed by atoms with E-state index in [1.807, 2.05) is 158 Å². The van der Waals surface area contributed by atoms with E-state index in [-0.39, 0.29) is 16.8 Å². The van der Waals surface area contributed by atoms with E-state index < -0.39 is 293 Å². The molecule has 4 heterocycles. The molecule has 0 bridgehead atoms. The van der Waals surface area contributed by atoms with Crippen LogP contribution < -0.4 is 26.2 Å². The van der Waals surface area contributed by atoms with Crippen molar-refractivity contribution in [1.82, 2.24) is 9.13 Å². The fraction of sp³-hybridized carbons (Fsp3) is 0.0204. The van der Waals surface area contributed by atoms with Crippen molar-refractivity contribution in [1.29, 1.82) is 0 Å². The van der Waals surface area contributed by atoms with E-state index in [0.29, 0.717) is 33.4 Å². The van der Waals surface area contributed by atoms with Gasteiger partial charge < -0.3 is 18.9 Å². The van der Waals surface area contributed by atoms with Gasteiger partial charge in [-0.1, -0.05) is 285 Å². The summed E-state index contributed by atoms with van der Waals surface area (Å²) in [5, 5.41) is -1.91. The maximum Gasteiger partial charge on any atom is 0.252 e. The van der Waals surface area contributed by atoms with Gasteiger partial charge in [-0.05, 0) is 178 Å². The molecule has 0 saturated carbocycles. The number of para-hydroxylation sites is 4. The Morgan fingerprint density at radius 1 is 0.252 bits per heavy atom. The Kier molecular flexibility index (Phi) is 6.92. The SMILES string of the molecule is [2H]c1c([2H])c([2H])c(-c2c([2H])c3c4c(c2[2H])N(c2cccc5c2C2(c6ccccc6-c6ccccc62)c2ccccc2-5)c2c([2H])c(-n5c6c([2H])c([2H])c([2H])c([2H])c6c6c([2H])c([2H])c([2H])c([2H])c65)c([2H])c([2H])c2B4c2c([2H])c([2H])c(-n4c5c([2H])c([2H])c([2H])c([2H])c5c5c([2H])c([2H])c([2H])c([2H])c54)c([2H])c2N3c2cccc3c2C2(c4ccccc4-c4ccccc42)c2ccccc2-3)c([2H])c1[2H]. The first-order valence-electron chi connectivity index (χ1n) is 48.3. The summed E-state index contributed by atoms with van der Waals surface area (Å²) in [7, 11) is 0. The first-order chi connectivity index (χ1) is 63.3. The smallest absolute Gasteiger partial charge is 0.252 e. The van der Waals surface area contributed by atoms with E-state index in [1.54, 1.807) is 24.3 Å². The Morgan fingerprint density at radius 2 is 0.563 bits per heavy atom. The van der Waals surface area contributed by atoms with Crippen LogP contribution in [0.3, 0.4) is 0 Å². The second kappa shape index (κ2) is 20.3. The molecule has 4 aliphatic carbocycles. The molecule has 103 heavy (non-hydrogen) atoms. The monoisotopic (exact) mass is 1330 g/mol. The van der Waals surface area contributed by atoms with Crippen molar-refractivity contribution in [2.75, 3.05) is 9.80 Å². The maximum atomic E-state index is 11.9. The number of nitrogens with zero attached hydrogens (tertiary/aromatic N) is 4. The Bertz CT molecular complexity index is 7890. The first-order valence-corrected chi connectivity index (χ1v) is 33.8. The normalized spacial score (nSPS) is 18.3. The minimum absolute atomic E-state index is 0.0637. The van der Waals surface area contributed by atoms with E-state index in [0.717, 1.165) is 64.8 Å². The van der Waals surface area contributed by atoms with E-state index in [2.05, 4.69) is 0 Å². The average molecular weight is 1330 g/mol. The average Bonchev–Trinajstić information content (AvgIpc) is 1.44. The second-order valence-corrected chi connectivity index (χ2v) is 26.5. The number of benzene rings is 16. The van der Waals surface area contributed by atoms with Gasteiger partial charge in [-0.2, -0.15) is 0 Å². The minimum atomic E-state index is -2.12. The summed E-state index contributed by atoms with van der Waals surface area (Å²) < 4.78 is 296. The quantitative estimate of drug-likeness (QED) is 0.160. The number of anilines is 6. The van der Waals surface area contributed by atoms with Crippen molar-refractivity contribution in [2.24, 2.45) is 0 Å². The molecule has 0 unspecified atom stereocenters. The van der Waals surface area contributed by atoms with E-state index in [4.69, 9.17) is 5.48 Å². The Hall–Kier alpha value is -13.2. The molecule has 0 fully saturated rings. The van der Waals surface area contributed by atoms with Gasteiger partial charge in [-0.3, -0.25) is 0 Å². The second-order valence-electron chi connectivity index (χ2n) is 26.5. The highest BCUT2D eigenvalue weighted by Crippen LogP contribution is 2.68. The predicted octanol–water partition coefficient (Wildman–Crippen LogP) is 22.3. The summed E-state index contributed by atoms with van der Waals surface area (Å²) in [5.74, 6) is 0. The number of hydrogen-bond acceptors (Lipinski definition) is 2. The summed E-state index contributed by atoms with van der Waals surface area (Å²) in [6, 6.07) is 31.9. The number of hydrogen-bond donors (Lipinski definition) is 0. The Morgan fingerprint density at radius 3 is 0.922 bits per heavy atom. The molecule has 0 radical (unpaired) electrons. The zero-order chi connectivity index (χ0) is 92.2. The standard InChI is InChI=1S/C98H59BN4/c1-2-26-60(27-3-1)61-56-92-96-93(57-61)103(89-51-25-39-75-69-33-9-19-45-81(69)98(95(75)89)78-42-16-6-30-66(78)67-31-7-17-43-79(67)98)91-59-63(101-86-48-22-12-36-72(86)73-37-13-23-49-87(73)101)53-55-83(91)99(96)82-54-52-62(100-84-46-20-10-34-70(84)71-35-11-21-47-85(71)100)58-90(82)102(92)88-50-24-38-74-68-32-8-18-44-80(68)97(94(74)88)76-40-14-4-28-64(76)65-29-5-15-41-77(65)97/h1-59H/i1D,2D,3D,10D,11D,12D,13D,20D,21D,22D,23D,26D,27D,34D,35D,36D,37D,46D,47D,48D,49D,52D,53D,54D,55D,56D,57D,58D,59D. The third-order valence-electron chi connectivity index (χ3n) is 22.1. The third-order valence-corrected chi connectivity index (χ3v) is 22.1. The first kappa shape index (κ1) is 35.2. The molecule has 0 saturated heterocycles. The van der Waals surface area contributed by atoms with Crippen LogP contribution in [0.25, 0.3) is 111 Å². The lowest BCUT2D eigenvalue weighted by Crippen LogP contribution is -2.61. The molecule has 4 nitrogen and oxygen atoms in total. The lowest BCUT2D eigenvalue weighted by molar-refractivity contribution is 0.792. The highest BCUT2D eigenvalue weighted by Gasteiger charge is 2.57. The number of aromatic nitrogens is 2. The number of fused-ring (bicyclic) bond motifs is 30. The highest BCUT2D eigenvalue weighted by molar-refractivity contribution is 7.00. The van der Waals surface area contributed by atoms with Crippen LogP contribution in [0.1, 0.15) is 84.3 Å². The molecule has 16 aromatic carbocycles. The molecule has 5 heteroatoms. The molecular formula is C98H59BN4. The van der Waals surface area contributed by atoms with Crippen LogP contribution in [0.2, 0.25) is 0 Å². The molecule has 6 aliphatic rings. The van der Waals surface area contributed by atoms with Gasteiger partial charge in [0.1, 0.15) is 0 Å². The van der Waals surface area contributed by atoms with Crippen molar-refractivity contribution in [2.45, 2.75) is 10.8 Å². The Balaban J connectivity index is 0.969. The largest absolute Gasteiger partial charge is 0.311 e. The summed E-state index contributed by atoms with van der Waals surface area (Å²) in [6.07, 6.45) is 0. The topological polar surface area (TPSA) is 16.3 Å². The predicted molar refractivity (Wildman–Crippen MR) is 427 cm³/mol. The van der Waals surface area contributed by atoms with Gasteiger partial charge in [0.25, 0.3) is 6.71 Å². The van der Waals surface area contributed by atoms with Gasteiger partial charge >= 0.3 is 0 Å². The maximum absolute atomic E-state index is 11.9. The summed E-state index contributed by atoms with van der Waals surface area (Å²) in [4.78, 5) is 2.95. The van der Waals surface area contributed by atoms with Crippen LogP contribution in [-0.4, -0.2) is 15.8 Å². The highest BCUT2D eigenvalue weighted by atomic mass is 15.2. The molecule has 24 rings (SSSR count). The molecule has 0 amide bonds. The van der Waals surface area contributed by atoms with E-state index >= 15 is 0 Å². The fourth-order valence-corrected chi connectivity index (χ4v) is 18.5. The van der Waals surface area contributed by atoms with Gasteiger partial charge in [0, 0.05) is 66.8 Å². The van der Waals surface area contributed by atoms with E-state index in [9.17, 15) is 34.3 Å². The summed E-state index contributed by atoms with van der Waals surface area (Å²) >= 11 is 0. The molecule has 2 aliphatic heterocycles. The third kappa shape index (κ3) is 6.92. The molecule has 474 valence electrons. The molecule has 0 N–H and O–H groups in total. The van der Waals surface area contributed by atoms with Crippen LogP contribution in [-0.2, 0) is 10.8 Å². The van der Waals surface area contributed by atoms with Gasteiger partial charge in [0.05, 0.1) is 84.0 Å². The Labute approximate surface area is 637 Å². The van der Waals surface area contributed by atoms with Gasteiger partial charge in [-0.15, -0.1) is 0 Å². The molecule has 2 aromatic heterocycles. The fourth-order valence-electron chi connectivity index (χ4n) is 18.5. The summed E-state index contributed by atoms with van der Waals surface area (Å²) in [6.45, 7) is -2.12. The lowest BCUT2D eigenvalue weighted by Gasteiger charge is -2.46. The summed E-state index contributed by atoms with van der Waals surface area (Å²) in [5.41, 5.74) is -0.215. The molecule has 0 atom stereocenters. The van der Waals surface area contributed by atoms with Crippen LogP contribution in [0, 0.1) is 0 Å². The number of rotatable bonds is 5. The van der Waals surface area contributed by atoms with Crippen molar-refractivity contribution >= 4 is 101 Å². The van der Waals surface area contributed by atoms with Crippen LogP contribution >= 0.6 is 0 Å². The van der Waals surface area contributed by atoms with Gasteiger partial charge in [0.15, 0.2) is 0 Å². The van der Waals surface area contributed by atoms with Crippen LogP contribution in [0.5, 0.6) is 0 Å². The minimum Gasteiger partial charge on any atom is -0.311 e. The van der Waals surface area contributed by atoms with E-state index in [1.165, 1.54) is 9.80 Å². The molecular weight excluding hydrogens is 1240 g/mol. The lowest BCUT2D eigenvalue weighted by atomic mass is 9.33. The van der Waals surface area contributed by atoms with Crippen molar-refractivity contribution < 1.29 is 39.8 Å². The zero-order valence-electron chi connectivity index (χ0n) is 82.7. The van der Waals surface area contributed by atoms with Gasteiger partial charge in [0.2, 0.25) is 0 Å². The molecule has 2 spiro atoms. The van der Waals surface area contributed by atoms with Crippen LogP contribution in [0.4, 0.5) is 34.1 Å². The zero-order valence-corrected chi connectivity index (χ0v) is 53.7. The van der Waals surface area contributed by atoms with Crippen LogP contribution in [0.15, 0.2) is 357 Å². The van der Waals surface area contributed by atoms with Gasteiger partial charge in [-0.25, -0.2) is 0 Å². The molecule has 18 aromatic rings. The van der Waals surface area contributed by atoms with Crippen molar-refractivity contribution in [3.8, 4) is 67.0 Å². The van der Waals surface area contributed by atoms with Crippen molar-refractivity contribution in [3.05, 3.63) is 402 Å².